The summed E-state index contributed by atoms with van der Waals surface area (Å²) in [6.07, 6.45) is 2.73. The summed E-state index contributed by atoms with van der Waals surface area (Å²) in [5.74, 6) is 1.61. The first-order chi connectivity index (χ1) is 10.7. The van der Waals surface area contributed by atoms with Gasteiger partial charge in [0, 0.05) is 12.3 Å². The molecule has 0 radical (unpaired) electrons. The fraction of sp³-hybridized carbons (Fsp3) is 0.333. The van der Waals surface area contributed by atoms with Gasteiger partial charge in [-0.3, -0.25) is 9.78 Å². The largest absolute Gasteiger partial charge is 0.497 e. The molecule has 4 nitrogen and oxygen atoms in total. The molecule has 1 saturated carbocycles. The molecule has 2 aromatic rings. The van der Waals surface area contributed by atoms with Crippen LogP contribution in [0.4, 0.5) is 0 Å². The maximum absolute atomic E-state index is 12.5. The molecular formula is C18H20N2O2. The highest BCUT2D eigenvalue weighted by atomic mass is 16.5. The van der Waals surface area contributed by atoms with Gasteiger partial charge in [-0.05, 0) is 29.9 Å². The summed E-state index contributed by atoms with van der Waals surface area (Å²) in [4.78, 5) is 16.6. The number of nitrogens with zero attached hydrogens (tertiary/aromatic N) is 1. The Bertz CT molecular complexity index is 657. The highest BCUT2D eigenvalue weighted by molar-refractivity contribution is 5.92. The molecular weight excluding hydrogens is 276 g/mol. The number of amides is 1. The lowest BCUT2D eigenvalue weighted by Crippen LogP contribution is -2.30. The third-order valence-corrected chi connectivity index (χ3v) is 4.24. The van der Waals surface area contributed by atoms with Crippen molar-refractivity contribution < 1.29 is 9.53 Å². The Kier molecular flexibility index (Phi) is 4.09. The van der Waals surface area contributed by atoms with Gasteiger partial charge in [-0.15, -0.1) is 0 Å². The van der Waals surface area contributed by atoms with Crippen molar-refractivity contribution >= 4 is 5.91 Å². The lowest BCUT2D eigenvalue weighted by molar-refractivity contribution is 0.0925. The highest BCUT2D eigenvalue weighted by Crippen LogP contribution is 2.46. The molecule has 1 N–H and O–H groups in total. The van der Waals surface area contributed by atoms with Gasteiger partial charge in [-0.25, -0.2) is 0 Å². The number of benzene rings is 1. The minimum atomic E-state index is -0.160. The van der Waals surface area contributed by atoms with Crippen LogP contribution in [-0.4, -0.2) is 18.0 Å². The van der Waals surface area contributed by atoms with Gasteiger partial charge in [-0.1, -0.05) is 37.3 Å². The molecule has 114 valence electrons. The Morgan fingerprint density at radius 1 is 1.32 bits per heavy atom. The van der Waals surface area contributed by atoms with E-state index in [1.807, 2.05) is 18.2 Å². The first kappa shape index (κ1) is 14.6. The number of hydrogen-bond donors (Lipinski definition) is 1. The molecule has 0 saturated heterocycles. The second kappa shape index (κ2) is 6.18. The molecule has 1 aromatic heterocycles. The maximum atomic E-state index is 12.5. The van der Waals surface area contributed by atoms with E-state index in [2.05, 4.69) is 29.4 Å². The molecule has 3 atom stereocenters. The second-order valence-electron chi connectivity index (χ2n) is 5.82. The van der Waals surface area contributed by atoms with Crippen LogP contribution in [0.2, 0.25) is 0 Å². The summed E-state index contributed by atoms with van der Waals surface area (Å²) >= 11 is 0. The smallest absolute Gasteiger partial charge is 0.270 e. The Morgan fingerprint density at radius 2 is 2.05 bits per heavy atom. The molecule has 0 spiro atoms. The molecule has 22 heavy (non-hydrogen) atoms. The zero-order valence-corrected chi connectivity index (χ0v) is 12.8. The van der Waals surface area contributed by atoms with Crippen molar-refractivity contribution in [2.45, 2.75) is 19.4 Å². The summed E-state index contributed by atoms with van der Waals surface area (Å²) in [6.45, 7) is 2.22. The van der Waals surface area contributed by atoms with Gasteiger partial charge in [0.2, 0.25) is 0 Å². The van der Waals surface area contributed by atoms with Crippen molar-refractivity contribution in [3.05, 3.63) is 59.9 Å². The quantitative estimate of drug-likeness (QED) is 0.921. The van der Waals surface area contributed by atoms with Gasteiger partial charge in [0.25, 0.3) is 5.91 Å². The lowest BCUT2D eigenvalue weighted by Gasteiger charge is -2.19. The van der Waals surface area contributed by atoms with Crippen molar-refractivity contribution in [2.24, 2.45) is 11.8 Å². The number of hydrogen-bond acceptors (Lipinski definition) is 3. The second-order valence-corrected chi connectivity index (χ2v) is 5.82. The third-order valence-electron chi connectivity index (χ3n) is 4.24. The number of aromatic nitrogens is 1. The number of rotatable bonds is 5. The molecule has 1 aliphatic rings. The van der Waals surface area contributed by atoms with E-state index in [1.54, 1.807) is 25.4 Å². The molecule has 3 unspecified atom stereocenters. The van der Waals surface area contributed by atoms with E-state index < -0.39 is 0 Å². The van der Waals surface area contributed by atoms with Crippen LogP contribution in [0.3, 0.4) is 0 Å². The first-order valence-electron chi connectivity index (χ1n) is 7.55. The van der Waals surface area contributed by atoms with Gasteiger partial charge < -0.3 is 10.1 Å². The van der Waals surface area contributed by atoms with E-state index in [-0.39, 0.29) is 11.9 Å². The number of pyridine rings is 1. The van der Waals surface area contributed by atoms with Crippen molar-refractivity contribution in [1.29, 1.82) is 0 Å². The van der Waals surface area contributed by atoms with Crippen LogP contribution in [0, 0.1) is 11.8 Å². The number of methoxy groups -OCH3 is 1. The molecule has 1 amide bonds. The molecule has 0 aliphatic heterocycles. The van der Waals surface area contributed by atoms with Crippen molar-refractivity contribution in [3.63, 3.8) is 0 Å². The number of carbonyl (C=O) groups is 1. The summed E-state index contributed by atoms with van der Waals surface area (Å²) in [7, 11) is 1.58. The zero-order chi connectivity index (χ0) is 15.5. The van der Waals surface area contributed by atoms with Crippen LogP contribution in [0.1, 0.15) is 35.4 Å². The van der Waals surface area contributed by atoms with E-state index in [0.29, 0.717) is 23.3 Å². The molecule has 0 bridgehead atoms. The standard InChI is InChI=1S/C18H20N2O2/c1-12-10-15(12)17(13-6-4-3-5-7-13)20-18(21)16-11-14(22-2)8-9-19-16/h3-9,11-12,15,17H,10H2,1-2H3,(H,20,21). The molecule has 1 aliphatic carbocycles. The Labute approximate surface area is 130 Å². The molecule has 1 heterocycles. The molecule has 4 heteroatoms. The van der Waals surface area contributed by atoms with E-state index in [9.17, 15) is 4.79 Å². The summed E-state index contributed by atoms with van der Waals surface area (Å²) < 4.78 is 5.15. The van der Waals surface area contributed by atoms with Gasteiger partial charge >= 0.3 is 0 Å². The monoisotopic (exact) mass is 296 g/mol. The number of ether oxygens (including phenoxy) is 1. The van der Waals surface area contributed by atoms with E-state index >= 15 is 0 Å². The van der Waals surface area contributed by atoms with Crippen LogP contribution < -0.4 is 10.1 Å². The number of nitrogens with one attached hydrogen (secondary N) is 1. The Balaban J connectivity index is 1.80. The normalized spacial score (nSPS) is 21.0. The van der Waals surface area contributed by atoms with E-state index in [1.165, 1.54) is 0 Å². The Hall–Kier alpha value is -2.36. The van der Waals surface area contributed by atoms with Crippen molar-refractivity contribution in [2.75, 3.05) is 7.11 Å². The summed E-state index contributed by atoms with van der Waals surface area (Å²) in [5.41, 5.74) is 1.53. The predicted molar refractivity (Wildman–Crippen MR) is 84.7 cm³/mol. The lowest BCUT2D eigenvalue weighted by atomic mass is 10.0. The molecule has 1 fully saturated rings. The zero-order valence-electron chi connectivity index (χ0n) is 12.8. The molecule has 3 rings (SSSR count). The minimum absolute atomic E-state index is 0.0386. The fourth-order valence-electron chi connectivity index (χ4n) is 2.79. The van der Waals surface area contributed by atoms with E-state index in [4.69, 9.17) is 4.74 Å². The topological polar surface area (TPSA) is 51.2 Å². The molecule has 1 aromatic carbocycles. The minimum Gasteiger partial charge on any atom is -0.497 e. The fourth-order valence-corrected chi connectivity index (χ4v) is 2.79. The third kappa shape index (κ3) is 3.11. The van der Waals surface area contributed by atoms with Crippen molar-refractivity contribution in [3.8, 4) is 5.75 Å². The van der Waals surface area contributed by atoms with E-state index in [0.717, 1.165) is 12.0 Å². The van der Waals surface area contributed by atoms with Gasteiger partial charge in [-0.2, -0.15) is 0 Å². The average molecular weight is 296 g/mol. The highest BCUT2D eigenvalue weighted by Gasteiger charge is 2.41. The summed E-state index contributed by atoms with van der Waals surface area (Å²) in [6, 6.07) is 13.6. The van der Waals surface area contributed by atoms with Crippen LogP contribution in [0.5, 0.6) is 5.75 Å². The number of carbonyl (C=O) groups excluding carboxylic acids is 1. The van der Waals surface area contributed by atoms with Crippen LogP contribution in [0.15, 0.2) is 48.7 Å². The summed E-state index contributed by atoms with van der Waals surface area (Å²) in [5, 5.41) is 3.14. The maximum Gasteiger partial charge on any atom is 0.270 e. The average Bonchev–Trinajstić information content (AvgIpc) is 3.29. The van der Waals surface area contributed by atoms with Crippen molar-refractivity contribution in [1.82, 2.24) is 10.3 Å². The van der Waals surface area contributed by atoms with Crippen LogP contribution in [0.25, 0.3) is 0 Å². The van der Waals surface area contributed by atoms with Gasteiger partial charge in [0.15, 0.2) is 0 Å². The predicted octanol–water partition coefficient (Wildman–Crippen LogP) is 3.22. The van der Waals surface area contributed by atoms with Gasteiger partial charge in [0.05, 0.1) is 13.2 Å². The van der Waals surface area contributed by atoms with Crippen LogP contribution in [-0.2, 0) is 0 Å². The SMILES string of the molecule is COc1ccnc(C(=O)NC(c2ccccc2)C2CC2C)c1. The Morgan fingerprint density at radius 3 is 2.68 bits per heavy atom. The van der Waals surface area contributed by atoms with Gasteiger partial charge in [0.1, 0.15) is 11.4 Å². The first-order valence-corrected chi connectivity index (χ1v) is 7.55. The van der Waals surface area contributed by atoms with Crippen LogP contribution >= 0.6 is 0 Å².